The first-order chi connectivity index (χ1) is 10.3. The maximum atomic E-state index is 12.5. The van der Waals surface area contributed by atoms with Gasteiger partial charge in [-0.15, -0.1) is 0 Å². The highest BCUT2D eigenvalue weighted by molar-refractivity contribution is 5.81. The second-order valence-electron chi connectivity index (χ2n) is 6.54. The van der Waals surface area contributed by atoms with Gasteiger partial charge in [0.1, 0.15) is 6.17 Å². The lowest BCUT2D eigenvalue weighted by molar-refractivity contribution is -0.130. The van der Waals surface area contributed by atoms with E-state index in [0.29, 0.717) is 18.6 Å². The fourth-order valence-corrected chi connectivity index (χ4v) is 4.43. The summed E-state index contributed by atoms with van der Waals surface area (Å²) in [5, 5.41) is 3.43. The summed E-state index contributed by atoms with van der Waals surface area (Å²) in [5.74, 6) is 0.266. The van der Waals surface area contributed by atoms with Gasteiger partial charge in [0.15, 0.2) is 0 Å². The summed E-state index contributed by atoms with van der Waals surface area (Å²) in [6, 6.07) is 9.39. The van der Waals surface area contributed by atoms with Crippen molar-refractivity contribution >= 4 is 5.91 Å². The van der Waals surface area contributed by atoms with Crippen LogP contribution in [0.15, 0.2) is 24.3 Å². The minimum absolute atomic E-state index is 0.0595. The highest BCUT2D eigenvalue weighted by atomic mass is 16.2. The zero-order valence-electron chi connectivity index (χ0n) is 12.6. The molecule has 4 heteroatoms. The second-order valence-corrected chi connectivity index (χ2v) is 6.54. The molecule has 0 aliphatic carbocycles. The average molecular weight is 285 g/mol. The van der Waals surface area contributed by atoms with Crippen LogP contribution in [0.1, 0.15) is 36.6 Å². The summed E-state index contributed by atoms with van der Waals surface area (Å²) < 4.78 is 0. The molecule has 0 spiro atoms. The molecule has 3 aliphatic heterocycles. The SMILES string of the molecule is Cc1ccccc1C1NCC(=O)N1C1CCN2CCCC12. The maximum Gasteiger partial charge on any atom is 0.238 e. The Balaban J connectivity index is 1.66. The summed E-state index contributed by atoms with van der Waals surface area (Å²) in [6.45, 7) is 4.97. The monoisotopic (exact) mass is 285 g/mol. The van der Waals surface area contributed by atoms with E-state index in [1.54, 1.807) is 0 Å². The summed E-state index contributed by atoms with van der Waals surface area (Å²) in [5.41, 5.74) is 2.51. The van der Waals surface area contributed by atoms with E-state index < -0.39 is 0 Å². The molecule has 1 amide bonds. The van der Waals surface area contributed by atoms with Crippen LogP contribution in [0.2, 0.25) is 0 Å². The molecule has 3 unspecified atom stereocenters. The predicted molar refractivity (Wildman–Crippen MR) is 81.8 cm³/mol. The van der Waals surface area contributed by atoms with E-state index in [4.69, 9.17) is 0 Å². The van der Waals surface area contributed by atoms with E-state index >= 15 is 0 Å². The first-order valence-corrected chi connectivity index (χ1v) is 8.10. The molecule has 4 rings (SSSR count). The number of benzene rings is 1. The third-order valence-electron chi connectivity index (χ3n) is 5.42. The number of aryl methyl sites for hydroxylation is 1. The number of rotatable bonds is 2. The standard InChI is InChI=1S/C17H23N3O/c1-12-5-2-3-6-13(12)17-18-11-16(21)20(17)15-8-10-19-9-4-7-14(15)19/h2-3,5-6,14-15,17-18H,4,7-11H2,1H3. The number of hydrogen-bond acceptors (Lipinski definition) is 3. The van der Waals surface area contributed by atoms with E-state index in [2.05, 4.69) is 46.3 Å². The van der Waals surface area contributed by atoms with Crippen LogP contribution in [-0.2, 0) is 4.79 Å². The molecule has 3 aliphatic rings. The van der Waals surface area contributed by atoms with Gasteiger partial charge in [-0.05, 0) is 43.9 Å². The fraction of sp³-hybridized carbons (Fsp3) is 0.588. The van der Waals surface area contributed by atoms with Crippen LogP contribution in [0.4, 0.5) is 0 Å². The van der Waals surface area contributed by atoms with Gasteiger partial charge in [0.2, 0.25) is 5.91 Å². The smallest absolute Gasteiger partial charge is 0.238 e. The Morgan fingerprint density at radius 3 is 2.86 bits per heavy atom. The molecule has 0 saturated carbocycles. The Hall–Kier alpha value is -1.39. The summed E-state index contributed by atoms with van der Waals surface area (Å²) in [4.78, 5) is 17.2. The van der Waals surface area contributed by atoms with Crippen molar-refractivity contribution in [1.82, 2.24) is 15.1 Å². The Labute approximate surface area is 126 Å². The molecule has 4 nitrogen and oxygen atoms in total. The van der Waals surface area contributed by atoms with Crippen LogP contribution in [0.3, 0.4) is 0 Å². The molecular formula is C17H23N3O. The molecule has 0 aromatic heterocycles. The zero-order chi connectivity index (χ0) is 14.4. The van der Waals surface area contributed by atoms with Crippen LogP contribution in [0.25, 0.3) is 0 Å². The van der Waals surface area contributed by atoms with Crippen LogP contribution < -0.4 is 5.32 Å². The molecule has 112 valence electrons. The van der Waals surface area contributed by atoms with E-state index in [-0.39, 0.29) is 12.1 Å². The van der Waals surface area contributed by atoms with Crippen molar-refractivity contribution in [2.24, 2.45) is 0 Å². The number of amides is 1. The number of nitrogens with zero attached hydrogens (tertiary/aromatic N) is 2. The van der Waals surface area contributed by atoms with Crippen LogP contribution >= 0.6 is 0 Å². The minimum atomic E-state index is 0.0595. The van der Waals surface area contributed by atoms with Gasteiger partial charge in [-0.1, -0.05) is 24.3 Å². The van der Waals surface area contributed by atoms with Gasteiger partial charge in [0, 0.05) is 12.6 Å². The first kappa shape index (κ1) is 13.3. The molecule has 0 radical (unpaired) electrons. The van der Waals surface area contributed by atoms with Crippen molar-refractivity contribution in [3.05, 3.63) is 35.4 Å². The van der Waals surface area contributed by atoms with E-state index in [0.717, 1.165) is 13.0 Å². The number of hydrogen-bond donors (Lipinski definition) is 1. The molecule has 21 heavy (non-hydrogen) atoms. The molecule has 0 bridgehead atoms. The molecule has 1 N–H and O–H groups in total. The summed E-state index contributed by atoms with van der Waals surface area (Å²) in [6.07, 6.45) is 3.71. The molecule has 3 atom stereocenters. The zero-order valence-corrected chi connectivity index (χ0v) is 12.6. The highest BCUT2D eigenvalue weighted by Crippen LogP contribution is 2.37. The van der Waals surface area contributed by atoms with Crippen molar-refractivity contribution in [2.75, 3.05) is 19.6 Å². The lowest BCUT2D eigenvalue weighted by Gasteiger charge is -2.34. The minimum Gasteiger partial charge on any atom is -0.317 e. The number of fused-ring (bicyclic) bond motifs is 1. The second kappa shape index (κ2) is 5.11. The van der Waals surface area contributed by atoms with E-state index in [1.807, 2.05) is 0 Å². The van der Waals surface area contributed by atoms with E-state index in [9.17, 15) is 4.79 Å². The molecule has 3 saturated heterocycles. The van der Waals surface area contributed by atoms with Crippen molar-refractivity contribution in [3.8, 4) is 0 Å². The Morgan fingerprint density at radius 1 is 1.14 bits per heavy atom. The maximum absolute atomic E-state index is 12.5. The van der Waals surface area contributed by atoms with Crippen molar-refractivity contribution < 1.29 is 4.79 Å². The summed E-state index contributed by atoms with van der Waals surface area (Å²) >= 11 is 0. The Morgan fingerprint density at radius 2 is 2.00 bits per heavy atom. The highest BCUT2D eigenvalue weighted by Gasteiger charge is 2.46. The van der Waals surface area contributed by atoms with Gasteiger partial charge in [0.25, 0.3) is 0 Å². The third kappa shape index (κ3) is 2.09. The lowest BCUT2D eigenvalue weighted by Crippen LogP contribution is -2.45. The quantitative estimate of drug-likeness (QED) is 0.898. The normalized spacial score (nSPS) is 32.9. The van der Waals surface area contributed by atoms with Gasteiger partial charge in [0.05, 0.1) is 12.6 Å². The topological polar surface area (TPSA) is 35.6 Å². The predicted octanol–water partition coefficient (Wildman–Crippen LogP) is 1.66. The largest absolute Gasteiger partial charge is 0.317 e. The number of carbonyl (C=O) groups is 1. The first-order valence-electron chi connectivity index (χ1n) is 8.10. The molecular weight excluding hydrogens is 262 g/mol. The van der Waals surface area contributed by atoms with E-state index in [1.165, 1.54) is 30.5 Å². The van der Waals surface area contributed by atoms with Gasteiger partial charge < -0.3 is 4.90 Å². The van der Waals surface area contributed by atoms with Crippen LogP contribution in [0, 0.1) is 6.92 Å². The third-order valence-corrected chi connectivity index (χ3v) is 5.42. The van der Waals surface area contributed by atoms with Gasteiger partial charge in [-0.3, -0.25) is 15.0 Å². The van der Waals surface area contributed by atoms with Gasteiger partial charge >= 0.3 is 0 Å². The average Bonchev–Trinajstić information content (AvgIpc) is 3.15. The van der Waals surface area contributed by atoms with Crippen molar-refractivity contribution in [2.45, 2.75) is 44.4 Å². The van der Waals surface area contributed by atoms with Gasteiger partial charge in [-0.25, -0.2) is 0 Å². The van der Waals surface area contributed by atoms with Crippen molar-refractivity contribution in [1.29, 1.82) is 0 Å². The molecule has 1 aromatic carbocycles. The molecule has 3 fully saturated rings. The lowest BCUT2D eigenvalue weighted by atomic mass is 10.0. The van der Waals surface area contributed by atoms with Crippen molar-refractivity contribution in [3.63, 3.8) is 0 Å². The van der Waals surface area contributed by atoms with Crippen LogP contribution in [-0.4, -0.2) is 47.4 Å². The fourth-order valence-electron chi connectivity index (χ4n) is 4.43. The molecule has 1 aromatic rings. The van der Waals surface area contributed by atoms with Gasteiger partial charge in [-0.2, -0.15) is 0 Å². The Bertz CT molecular complexity index is 559. The van der Waals surface area contributed by atoms with Crippen LogP contribution in [0.5, 0.6) is 0 Å². The number of nitrogens with one attached hydrogen (secondary N) is 1. The number of carbonyl (C=O) groups excluding carboxylic acids is 1. The molecule has 3 heterocycles. The Kier molecular flexibility index (Phi) is 3.23. The summed E-state index contributed by atoms with van der Waals surface area (Å²) in [7, 11) is 0.